The van der Waals surface area contributed by atoms with Crippen LogP contribution in [0.4, 0.5) is 5.69 Å². The average Bonchev–Trinajstić information content (AvgIpc) is 2.37. The molecule has 1 aliphatic heterocycles. The Labute approximate surface area is 112 Å². The van der Waals surface area contributed by atoms with Crippen LogP contribution in [0.5, 0.6) is 5.75 Å². The van der Waals surface area contributed by atoms with Crippen LogP contribution in [-0.2, 0) is 10.3 Å². The largest absolute Gasteiger partial charge is 0.479 e. The van der Waals surface area contributed by atoms with Crippen LogP contribution >= 0.6 is 0 Å². The van der Waals surface area contributed by atoms with E-state index in [4.69, 9.17) is 15.6 Å². The van der Waals surface area contributed by atoms with Gasteiger partial charge in [0, 0.05) is 12.1 Å². The van der Waals surface area contributed by atoms with Crippen molar-refractivity contribution in [2.45, 2.75) is 38.3 Å². The van der Waals surface area contributed by atoms with E-state index in [-0.39, 0.29) is 12.5 Å². The molecule has 2 unspecified atom stereocenters. The minimum absolute atomic E-state index is 0.120. The molecule has 0 fully saturated rings. The molecule has 1 amide bonds. The second-order valence-electron chi connectivity index (χ2n) is 5.20. The van der Waals surface area contributed by atoms with Crippen LogP contribution in [0.3, 0.4) is 0 Å². The molecule has 2 atom stereocenters. The van der Waals surface area contributed by atoms with Crippen molar-refractivity contribution in [3.05, 3.63) is 23.8 Å². The van der Waals surface area contributed by atoms with E-state index in [1.165, 1.54) is 0 Å². The highest BCUT2D eigenvalue weighted by atomic mass is 16.5. The first kappa shape index (κ1) is 13.8. The van der Waals surface area contributed by atoms with Crippen molar-refractivity contribution >= 4 is 11.6 Å². The first-order chi connectivity index (χ1) is 8.94. The number of aliphatic hydroxyl groups excluding tert-OH is 1. The molecule has 2 rings (SSSR count). The second-order valence-corrected chi connectivity index (χ2v) is 5.20. The molecule has 1 aromatic rings. The summed E-state index contributed by atoms with van der Waals surface area (Å²) in [7, 11) is 0. The molecule has 0 saturated carbocycles. The van der Waals surface area contributed by atoms with Crippen LogP contribution < -0.4 is 15.8 Å². The van der Waals surface area contributed by atoms with Crippen molar-refractivity contribution in [2.24, 2.45) is 5.73 Å². The maximum atomic E-state index is 11.6. The molecule has 5 heteroatoms. The molecule has 1 aliphatic rings. The molecule has 0 saturated heterocycles. The Hall–Kier alpha value is -1.59. The monoisotopic (exact) mass is 264 g/mol. The number of benzene rings is 1. The van der Waals surface area contributed by atoms with Gasteiger partial charge in [0.2, 0.25) is 0 Å². The highest BCUT2D eigenvalue weighted by Gasteiger charge is 2.27. The summed E-state index contributed by atoms with van der Waals surface area (Å²) in [6, 6.07) is 5.57. The summed E-state index contributed by atoms with van der Waals surface area (Å²) in [6.45, 7) is 3.74. The molecule has 0 radical (unpaired) electrons. The van der Waals surface area contributed by atoms with Gasteiger partial charge in [-0.15, -0.1) is 0 Å². The Bertz CT molecular complexity index is 486. The SMILES string of the molecule is CC1Oc2ccc(C(C)(N)CCCO)cc2NC1=O. The first-order valence-electron chi connectivity index (χ1n) is 6.46. The van der Waals surface area contributed by atoms with Gasteiger partial charge in [0.25, 0.3) is 5.91 Å². The van der Waals surface area contributed by atoms with Gasteiger partial charge in [-0.25, -0.2) is 0 Å². The number of hydrogen-bond acceptors (Lipinski definition) is 4. The van der Waals surface area contributed by atoms with Crippen LogP contribution in [0, 0.1) is 0 Å². The van der Waals surface area contributed by atoms with Gasteiger partial charge >= 0.3 is 0 Å². The maximum Gasteiger partial charge on any atom is 0.265 e. The second kappa shape index (κ2) is 5.19. The topological polar surface area (TPSA) is 84.6 Å². The number of nitrogens with one attached hydrogen (secondary N) is 1. The Morgan fingerprint density at radius 3 is 2.95 bits per heavy atom. The molecule has 19 heavy (non-hydrogen) atoms. The van der Waals surface area contributed by atoms with Gasteiger partial charge < -0.3 is 20.9 Å². The lowest BCUT2D eigenvalue weighted by Crippen LogP contribution is -2.36. The number of amides is 1. The zero-order chi connectivity index (χ0) is 14.0. The quantitative estimate of drug-likeness (QED) is 0.766. The van der Waals surface area contributed by atoms with E-state index in [0.29, 0.717) is 24.3 Å². The lowest BCUT2D eigenvalue weighted by atomic mass is 9.88. The first-order valence-corrected chi connectivity index (χ1v) is 6.46. The Kier molecular flexibility index (Phi) is 3.78. The normalized spacial score (nSPS) is 21.1. The smallest absolute Gasteiger partial charge is 0.265 e. The van der Waals surface area contributed by atoms with Gasteiger partial charge in [0.05, 0.1) is 5.69 Å². The summed E-state index contributed by atoms with van der Waals surface area (Å²) in [4.78, 5) is 11.6. The molecule has 0 bridgehead atoms. The lowest BCUT2D eigenvalue weighted by Gasteiger charge is -2.28. The molecule has 0 aromatic heterocycles. The van der Waals surface area contributed by atoms with Crippen LogP contribution in [0.15, 0.2) is 18.2 Å². The minimum atomic E-state index is -0.536. The number of aliphatic hydroxyl groups is 1. The van der Waals surface area contributed by atoms with Crippen LogP contribution in [0.2, 0.25) is 0 Å². The van der Waals surface area contributed by atoms with Crippen molar-refractivity contribution in [2.75, 3.05) is 11.9 Å². The van der Waals surface area contributed by atoms with E-state index in [9.17, 15) is 4.79 Å². The molecule has 0 aliphatic carbocycles. The zero-order valence-electron chi connectivity index (χ0n) is 11.3. The van der Waals surface area contributed by atoms with Crippen molar-refractivity contribution in [3.63, 3.8) is 0 Å². The minimum Gasteiger partial charge on any atom is -0.479 e. The maximum absolute atomic E-state index is 11.6. The fourth-order valence-electron chi connectivity index (χ4n) is 2.15. The molecule has 1 aromatic carbocycles. The van der Waals surface area contributed by atoms with E-state index in [1.807, 2.05) is 25.1 Å². The predicted molar refractivity (Wildman–Crippen MR) is 73.0 cm³/mol. The summed E-state index contributed by atoms with van der Waals surface area (Å²) >= 11 is 0. The van der Waals surface area contributed by atoms with Gasteiger partial charge in [-0.2, -0.15) is 0 Å². The lowest BCUT2D eigenvalue weighted by molar-refractivity contribution is -0.122. The van der Waals surface area contributed by atoms with Crippen molar-refractivity contribution in [1.82, 2.24) is 0 Å². The molecule has 4 N–H and O–H groups in total. The standard InChI is InChI=1S/C14H20N2O3/c1-9-13(18)16-11-8-10(4-5-12(11)19-9)14(2,15)6-3-7-17/h4-5,8-9,17H,3,6-7,15H2,1-2H3,(H,16,18). The Morgan fingerprint density at radius 2 is 2.26 bits per heavy atom. The van der Waals surface area contributed by atoms with E-state index in [1.54, 1.807) is 6.92 Å². The average molecular weight is 264 g/mol. The fraction of sp³-hybridized carbons (Fsp3) is 0.500. The highest BCUT2D eigenvalue weighted by molar-refractivity contribution is 5.97. The molecular weight excluding hydrogens is 244 g/mol. The predicted octanol–water partition coefficient (Wildman–Crippen LogP) is 1.35. The van der Waals surface area contributed by atoms with Crippen LogP contribution in [0.25, 0.3) is 0 Å². The number of hydrogen-bond donors (Lipinski definition) is 3. The molecule has 0 spiro atoms. The number of ether oxygens (including phenoxy) is 1. The van der Waals surface area contributed by atoms with Gasteiger partial charge in [-0.1, -0.05) is 6.07 Å². The Morgan fingerprint density at radius 1 is 1.53 bits per heavy atom. The van der Waals surface area contributed by atoms with Gasteiger partial charge in [-0.05, 0) is 44.4 Å². The summed E-state index contributed by atoms with van der Waals surface area (Å²) in [5, 5.41) is 11.7. The van der Waals surface area contributed by atoms with Crippen molar-refractivity contribution in [1.29, 1.82) is 0 Å². The van der Waals surface area contributed by atoms with E-state index in [2.05, 4.69) is 5.32 Å². The van der Waals surface area contributed by atoms with Crippen LogP contribution in [-0.4, -0.2) is 23.7 Å². The number of carbonyl (C=O) groups excluding carboxylic acids is 1. The number of fused-ring (bicyclic) bond motifs is 1. The third-order valence-electron chi connectivity index (χ3n) is 3.42. The molecule has 104 valence electrons. The van der Waals surface area contributed by atoms with Crippen molar-refractivity contribution in [3.8, 4) is 5.75 Å². The number of nitrogens with two attached hydrogens (primary N) is 1. The van der Waals surface area contributed by atoms with Gasteiger partial charge in [0.15, 0.2) is 6.10 Å². The molecule has 5 nitrogen and oxygen atoms in total. The summed E-state index contributed by atoms with van der Waals surface area (Å²) < 4.78 is 5.50. The van der Waals surface area contributed by atoms with E-state index >= 15 is 0 Å². The summed E-state index contributed by atoms with van der Waals surface area (Å²) in [5.74, 6) is 0.507. The zero-order valence-corrected chi connectivity index (χ0v) is 11.3. The summed E-state index contributed by atoms with van der Waals surface area (Å²) in [6.07, 6.45) is 0.842. The number of carbonyl (C=O) groups is 1. The number of anilines is 1. The van der Waals surface area contributed by atoms with Gasteiger partial charge in [0.1, 0.15) is 5.75 Å². The summed E-state index contributed by atoms with van der Waals surface area (Å²) in [5.41, 5.74) is 7.29. The van der Waals surface area contributed by atoms with E-state index in [0.717, 1.165) is 5.56 Å². The van der Waals surface area contributed by atoms with Crippen molar-refractivity contribution < 1.29 is 14.6 Å². The molecular formula is C14H20N2O3. The van der Waals surface area contributed by atoms with Gasteiger partial charge in [-0.3, -0.25) is 4.79 Å². The third-order valence-corrected chi connectivity index (χ3v) is 3.42. The highest BCUT2D eigenvalue weighted by Crippen LogP contribution is 2.34. The number of rotatable bonds is 4. The molecule has 1 heterocycles. The van der Waals surface area contributed by atoms with Crippen LogP contribution in [0.1, 0.15) is 32.3 Å². The van der Waals surface area contributed by atoms with E-state index < -0.39 is 11.6 Å². The fourth-order valence-corrected chi connectivity index (χ4v) is 2.15. The Balaban J connectivity index is 2.26. The third kappa shape index (κ3) is 2.88.